The molecule has 0 amide bonds. The summed E-state index contributed by atoms with van der Waals surface area (Å²) in [7, 11) is 0. The van der Waals surface area contributed by atoms with Crippen LogP contribution >= 0.6 is 0 Å². The highest BCUT2D eigenvalue weighted by Gasteiger charge is 2.38. The minimum Gasteiger partial charge on any atom is -0.393 e. The predicted molar refractivity (Wildman–Crippen MR) is 87.7 cm³/mol. The van der Waals surface area contributed by atoms with Crippen LogP contribution in [0.2, 0.25) is 0 Å². The first-order valence-corrected chi connectivity index (χ1v) is 8.66. The van der Waals surface area contributed by atoms with Crippen LogP contribution in [0, 0.1) is 19.8 Å². The third-order valence-electron chi connectivity index (χ3n) is 5.15. The molecule has 2 N–H and O–H groups in total. The second kappa shape index (κ2) is 6.12. The standard InChI is InChI=1S/C17H23N5O2/c1-9-7-18-17(20-10(9)2)19-8-13-5-12(6-14(13)23)16-21-15(22-24-16)11-3-4-11/h7,11-14,23H,3-6,8H2,1-2H3,(H,18,19,20)/t12-,13+,14+/m0/s1. The van der Waals surface area contributed by atoms with E-state index in [9.17, 15) is 5.11 Å². The van der Waals surface area contributed by atoms with E-state index in [0.29, 0.717) is 30.7 Å². The maximum atomic E-state index is 10.4. The number of hydrogen-bond donors (Lipinski definition) is 2. The topological polar surface area (TPSA) is 97.0 Å². The van der Waals surface area contributed by atoms with Crippen molar-refractivity contribution < 1.29 is 9.63 Å². The molecule has 7 nitrogen and oxygen atoms in total. The van der Waals surface area contributed by atoms with E-state index in [0.717, 1.165) is 36.3 Å². The minimum absolute atomic E-state index is 0.136. The Labute approximate surface area is 140 Å². The highest BCUT2D eigenvalue weighted by Crippen LogP contribution is 2.41. The summed E-state index contributed by atoms with van der Waals surface area (Å²) in [5.74, 6) is 2.91. The molecule has 0 aromatic carbocycles. The summed E-state index contributed by atoms with van der Waals surface area (Å²) < 4.78 is 5.42. The van der Waals surface area contributed by atoms with Gasteiger partial charge in [-0.3, -0.25) is 0 Å². The largest absolute Gasteiger partial charge is 0.393 e. The van der Waals surface area contributed by atoms with Crippen molar-refractivity contribution >= 4 is 5.95 Å². The van der Waals surface area contributed by atoms with Crippen molar-refractivity contribution in [1.29, 1.82) is 0 Å². The molecule has 128 valence electrons. The van der Waals surface area contributed by atoms with Gasteiger partial charge in [0.15, 0.2) is 5.82 Å². The van der Waals surface area contributed by atoms with Crippen LogP contribution < -0.4 is 5.32 Å². The first kappa shape index (κ1) is 15.5. The van der Waals surface area contributed by atoms with Gasteiger partial charge in [-0.1, -0.05) is 5.16 Å². The number of aliphatic hydroxyl groups is 1. The number of nitrogens with zero attached hydrogens (tertiary/aromatic N) is 4. The minimum atomic E-state index is -0.370. The third kappa shape index (κ3) is 3.13. The van der Waals surface area contributed by atoms with Crippen molar-refractivity contribution in [2.75, 3.05) is 11.9 Å². The first-order valence-electron chi connectivity index (χ1n) is 8.66. The van der Waals surface area contributed by atoms with E-state index in [2.05, 4.69) is 25.4 Å². The Bertz CT molecular complexity index is 728. The van der Waals surface area contributed by atoms with Gasteiger partial charge in [0, 0.05) is 36.2 Å². The Morgan fingerprint density at radius 2 is 2.04 bits per heavy atom. The summed E-state index contributed by atoms with van der Waals surface area (Å²) in [5, 5.41) is 17.7. The van der Waals surface area contributed by atoms with E-state index >= 15 is 0 Å². The van der Waals surface area contributed by atoms with Gasteiger partial charge in [0.05, 0.1) is 6.10 Å². The van der Waals surface area contributed by atoms with Crippen molar-refractivity contribution in [3.8, 4) is 0 Å². The fraction of sp³-hybridized carbons (Fsp3) is 0.647. The molecular weight excluding hydrogens is 306 g/mol. The molecule has 0 unspecified atom stereocenters. The van der Waals surface area contributed by atoms with E-state index in [1.807, 2.05) is 20.0 Å². The lowest BCUT2D eigenvalue weighted by atomic mass is 10.0. The Kier molecular flexibility index (Phi) is 3.96. The van der Waals surface area contributed by atoms with E-state index in [-0.39, 0.29) is 17.9 Å². The third-order valence-corrected chi connectivity index (χ3v) is 5.15. The molecule has 2 heterocycles. The van der Waals surface area contributed by atoms with E-state index < -0.39 is 0 Å². The van der Waals surface area contributed by atoms with Crippen LogP contribution in [0.5, 0.6) is 0 Å². The number of aromatic nitrogens is 4. The molecule has 0 aliphatic heterocycles. The Morgan fingerprint density at radius 3 is 2.79 bits per heavy atom. The summed E-state index contributed by atoms with van der Waals surface area (Å²) >= 11 is 0. The van der Waals surface area contributed by atoms with E-state index in [1.165, 1.54) is 0 Å². The lowest BCUT2D eigenvalue weighted by molar-refractivity contribution is 0.137. The van der Waals surface area contributed by atoms with Gasteiger partial charge < -0.3 is 14.9 Å². The molecule has 2 aromatic rings. The van der Waals surface area contributed by atoms with Crippen LogP contribution in [0.1, 0.15) is 60.5 Å². The van der Waals surface area contributed by atoms with Crippen LogP contribution in [0.4, 0.5) is 5.95 Å². The summed E-state index contributed by atoms with van der Waals surface area (Å²) in [6.07, 6.45) is 5.28. The molecular formula is C17H23N5O2. The van der Waals surface area contributed by atoms with Gasteiger partial charge in [-0.2, -0.15) is 4.98 Å². The SMILES string of the molecule is Cc1cnc(NC[C@H]2C[C@H](c3nc(C4CC4)no3)C[C@H]2O)nc1C. The van der Waals surface area contributed by atoms with Gasteiger partial charge in [-0.25, -0.2) is 9.97 Å². The van der Waals surface area contributed by atoms with Gasteiger partial charge in [0.1, 0.15) is 0 Å². The first-order chi connectivity index (χ1) is 11.6. The van der Waals surface area contributed by atoms with Gasteiger partial charge >= 0.3 is 0 Å². The molecule has 2 aliphatic carbocycles. The maximum absolute atomic E-state index is 10.4. The summed E-state index contributed by atoms with van der Waals surface area (Å²) in [4.78, 5) is 13.2. The molecule has 24 heavy (non-hydrogen) atoms. The monoisotopic (exact) mass is 329 g/mol. The number of aliphatic hydroxyl groups excluding tert-OH is 1. The Balaban J connectivity index is 1.36. The van der Waals surface area contributed by atoms with Crippen LogP contribution in [0.25, 0.3) is 0 Å². The quantitative estimate of drug-likeness (QED) is 0.868. The van der Waals surface area contributed by atoms with Gasteiger partial charge in [-0.05, 0) is 45.1 Å². The van der Waals surface area contributed by atoms with Gasteiger partial charge in [0.2, 0.25) is 11.8 Å². The predicted octanol–water partition coefficient (Wildman–Crippen LogP) is 2.32. The lowest BCUT2D eigenvalue weighted by Crippen LogP contribution is -2.22. The lowest BCUT2D eigenvalue weighted by Gasteiger charge is -2.15. The molecule has 2 aromatic heterocycles. The maximum Gasteiger partial charge on any atom is 0.229 e. The van der Waals surface area contributed by atoms with Crippen LogP contribution in [0.3, 0.4) is 0 Å². The van der Waals surface area contributed by atoms with Crippen molar-refractivity contribution in [1.82, 2.24) is 20.1 Å². The fourth-order valence-corrected chi connectivity index (χ4v) is 3.28. The molecule has 4 rings (SSSR count). The van der Waals surface area contributed by atoms with E-state index in [1.54, 1.807) is 0 Å². The summed E-state index contributed by atoms with van der Waals surface area (Å²) in [5.41, 5.74) is 2.04. The molecule has 2 fully saturated rings. The second-order valence-electron chi connectivity index (χ2n) is 7.10. The van der Waals surface area contributed by atoms with Crippen LogP contribution in [-0.4, -0.2) is 37.9 Å². The molecule has 0 saturated heterocycles. The zero-order chi connectivity index (χ0) is 16.7. The second-order valence-corrected chi connectivity index (χ2v) is 7.10. The molecule has 0 radical (unpaired) electrons. The van der Waals surface area contributed by atoms with Crippen molar-refractivity contribution in [2.24, 2.45) is 5.92 Å². The van der Waals surface area contributed by atoms with E-state index in [4.69, 9.17) is 4.52 Å². The molecule has 3 atom stereocenters. The number of hydrogen-bond acceptors (Lipinski definition) is 7. The summed E-state index contributed by atoms with van der Waals surface area (Å²) in [6, 6.07) is 0. The Hall–Kier alpha value is -2.02. The molecule has 2 saturated carbocycles. The van der Waals surface area contributed by atoms with Crippen LogP contribution in [0.15, 0.2) is 10.7 Å². The normalized spacial score (nSPS) is 26.7. The molecule has 0 bridgehead atoms. The number of aryl methyl sites for hydroxylation is 2. The zero-order valence-electron chi connectivity index (χ0n) is 14.1. The zero-order valence-corrected chi connectivity index (χ0v) is 14.1. The fourth-order valence-electron chi connectivity index (χ4n) is 3.28. The highest BCUT2D eigenvalue weighted by molar-refractivity contribution is 5.28. The van der Waals surface area contributed by atoms with Crippen LogP contribution in [-0.2, 0) is 0 Å². The number of nitrogens with one attached hydrogen (secondary N) is 1. The van der Waals surface area contributed by atoms with Gasteiger partial charge in [0.25, 0.3) is 0 Å². The highest BCUT2D eigenvalue weighted by atomic mass is 16.5. The molecule has 0 spiro atoms. The average Bonchev–Trinajstić information content (AvgIpc) is 3.18. The van der Waals surface area contributed by atoms with Crippen molar-refractivity contribution in [3.63, 3.8) is 0 Å². The average molecular weight is 329 g/mol. The molecule has 2 aliphatic rings. The molecule has 7 heteroatoms. The van der Waals surface area contributed by atoms with Crippen molar-refractivity contribution in [2.45, 2.75) is 57.5 Å². The smallest absolute Gasteiger partial charge is 0.229 e. The Morgan fingerprint density at radius 1 is 1.21 bits per heavy atom. The van der Waals surface area contributed by atoms with Crippen molar-refractivity contribution in [3.05, 3.63) is 29.2 Å². The number of anilines is 1. The van der Waals surface area contributed by atoms with Gasteiger partial charge in [-0.15, -0.1) is 0 Å². The summed E-state index contributed by atoms with van der Waals surface area (Å²) in [6.45, 7) is 4.60. The number of rotatable bonds is 5.